The van der Waals surface area contributed by atoms with Crippen LogP contribution in [-0.2, 0) is 4.74 Å². The predicted octanol–water partition coefficient (Wildman–Crippen LogP) is 0.983. The van der Waals surface area contributed by atoms with E-state index in [0.717, 1.165) is 45.3 Å². The molecule has 0 atom stereocenters. The van der Waals surface area contributed by atoms with Gasteiger partial charge in [-0.05, 0) is 25.1 Å². The van der Waals surface area contributed by atoms with Crippen LogP contribution in [0.15, 0.2) is 18.2 Å². The number of phenols is 1. The van der Waals surface area contributed by atoms with Gasteiger partial charge in [-0.25, -0.2) is 4.39 Å². The number of rotatable bonds is 5. The van der Waals surface area contributed by atoms with Crippen molar-refractivity contribution in [3.63, 3.8) is 0 Å². The molecular formula is C14H19FN2O3. The van der Waals surface area contributed by atoms with Crippen molar-refractivity contribution in [1.29, 1.82) is 0 Å². The predicted molar refractivity (Wildman–Crippen MR) is 72.3 cm³/mol. The molecule has 0 aromatic heterocycles. The standard InChI is InChI=1S/C14H19FN2O3/c15-13-10-11(18)2-3-12(13)14(19)16-4-1-5-17-6-8-20-9-7-17/h2-3,10,18H,1,4-9H2,(H,16,19). The molecule has 0 bridgehead atoms. The van der Waals surface area contributed by atoms with Crippen LogP contribution in [-0.4, -0.2) is 55.3 Å². The molecular weight excluding hydrogens is 263 g/mol. The molecule has 1 saturated heterocycles. The molecule has 0 radical (unpaired) electrons. The Morgan fingerprint density at radius 1 is 1.40 bits per heavy atom. The highest BCUT2D eigenvalue weighted by Gasteiger charge is 2.12. The molecule has 2 N–H and O–H groups in total. The maximum atomic E-state index is 13.5. The van der Waals surface area contributed by atoms with Gasteiger partial charge in [-0.3, -0.25) is 9.69 Å². The number of aromatic hydroxyl groups is 1. The summed E-state index contributed by atoms with van der Waals surface area (Å²) in [6.45, 7) is 4.73. The molecule has 110 valence electrons. The minimum Gasteiger partial charge on any atom is -0.508 e. The number of hydrogen-bond donors (Lipinski definition) is 2. The number of morpholine rings is 1. The molecule has 1 aromatic carbocycles. The highest BCUT2D eigenvalue weighted by atomic mass is 19.1. The van der Waals surface area contributed by atoms with Crippen LogP contribution in [0.25, 0.3) is 0 Å². The van der Waals surface area contributed by atoms with Crippen LogP contribution in [0.1, 0.15) is 16.8 Å². The summed E-state index contributed by atoms with van der Waals surface area (Å²) in [5.41, 5.74) is -0.0471. The lowest BCUT2D eigenvalue weighted by atomic mass is 10.2. The largest absolute Gasteiger partial charge is 0.508 e. The summed E-state index contributed by atoms with van der Waals surface area (Å²) in [7, 11) is 0. The van der Waals surface area contributed by atoms with E-state index >= 15 is 0 Å². The first-order chi connectivity index (χ1) is 9.66. The van der Waals surface area contributed by atoms with Crippen molar-refractivity contribution in [2.75, 3.05) is 39.4 Å². The van der Waals surface area contributed by atoms with Crippen LogP contribution >= 0.6 is 0 Å². The number of carbonyl (C=O) groups is 1. The van der Waals surface area contributed by atoms with E-state index < -0.39 is 11.7 Å². The van der Waals surface area contributed by atoms with E-state index in [-0.39, 0.29) is 11.3 Å². The van der Waals surface area contributed by atoms with Gasteiger partial charge in [-0.2, -0.15) is 0 Å². The van der Waals surface area contributed by atoms with Crippen LogP contribution in [0.3, 0.4) is 0 Å². The Morgan fingerprint density at radius 3 is 2.85 bits per heavy atom. The number of nitrogens with zero attached hydrogens (tertiary/aromatic N) is 1. The lowest BCUT2D eigenvalue weighted by Crippen LogP contribution is -2.38. The fraction of sp³-hybridized carbons (Fsp3) is 0.500. The van der Waals surface area contributed by atoms with Gasteiger partial charge in [-0.1, -0.05) is 0 Å². The second kappa shape index (κ2) is 7.21. The molecule has 1 aliphatic heterocycles. The summed E-state index contributed by atoms with van der Waals surface area (Å²) in [4.78, 5) is 14.0. The third-order valence-electron chi connectivity index (χ3n) is 3.24. The van der Waals surface area contributed by atoms with Crippen LogP contribution in [0.2, 0.25) is 0 Å². The Balaban J connectivity index is 1.72. The molecule has 1 aromatic rings. The van der Waals surface area contributed by atoms with Crippen molar-refractivity contribution in [1.82, 2.24) is 10.2 Å². The van der Waals surface area contributed by atoms with E-state index in [9.17, 15) is 9.18 Å². The quantitative estimate of drug-likeness (QED) is 0.790. The average Bonchev–Trinajstić information content (AvgIpc) is 2.44. The van der Waals surface area contributed by atoms with Gasteiger partial charge in [0.1, 0.15) is 11.6 Å². The topological polar surface area (TPSA) is 61.8 Å². The summed E-state index contributed by atoms with van der Waals surface area (Å²) in [5.74, 6) is -1.36. The molecule has 20 heavy (non-hydrogen) atoms. The maximum absolute atomic E-state index is 13.5. The zero-order chi connectivity index (χ0) is 14.4. The first-order valence-electron chi connectivity index (χ1n) is 6.73. The molecule has 1 heterocycles. The van der Waals surface area contributed by atoms with Crippen molar-refractivity contribution in [2.45, 2.75) is 6.42 Å². The summed E-state index contributed by atoms with van der Waals surface area (Å²) < 4.78 is 18.7. The molecule has 2 rings (SSSR count). The normalized spacial score (nSPS) is 16.1. The minimum atomic E-state index is -0.712. The SMILES string of the molecule is O=C(NCCCN1CCOCC1)c1ccc(O)cc1F. The smallest absolute Gasteiger partial charge is 0.254 e. The second-order valence-electron chi connectivity index (χ2n) is 4.73. The Kier molecular flexibility index (Phi) is 5.31. The van der Waals surface area contributed by atoms with Crippen LogP contribution in [0.5, 0.6) is 5.75 Å². The molecule has 0 spiro atoms. The lowest BCUT2D eigenvalue weighted by molar-refractivity contribution is 0.0374. The van der Waals surface area contributed by atoms with Gasteiger partial charge in [0.25, 0.3) is 5.91 Å². The monoisotopic (exact) mass is 282 g/mol. The zero-order valence-corrected chi connectivity index (χ0v) is 11.3. The number of benzene rings is 1. The fourth-order valence-electron chi connectivity index (χ4n) is 2.11. The number of ether oxygens (including phenoxy) is 1. The summed E-state index contributed by atoms with van der Waals surface area (Å²) >= 11 is 0. The van der Waals surface area contributed by atoms with Gasteiger partial charge in [0.05, 0.1) is 18.8 Å². The van der Waals surface area contributed by atoms with Crippen molar-refractivity contribution < 1.29 is 19.0 Å². The lowest BCUT2D eigenvalue weighted by Gasteiger charge is -2.26. The van der Waals surface area contributed by atoms with E-state index in [1.54, 1.807) is 0 Å². The van der Waals surface area contributed by atoms with Gasteiger partial charge in [0.2, 0.25) is 0 Å². The molecule has 0 aliphatic carbocycles. The average molecular weight is 282 g/mol. The summed E-state index contributed by atoms with van der Waals surface area (Å²) in [6.07, 6.45) is 0.811. The van der Waals surface area contributed by atoms with Gasteiger partial charge in [-0.15, -0.1) is 0 Å². The molecule has 1 aliphatic rings. The Labute approximate surface area is 117 Å². The van der Waals surface area contributed by atoms with Gasteiger partial charge in [0.15, 0.2) is 0 Å². The number of amides is 1. The summed E-state index contributed by atoms with van der Waals surface area (Å²) in [6, 6.07) is 3.51. The zero-order valence-electron chi connectivity index (χ0n) is 11.3. The fourth-order valence-corrected chi connectivity index (χ4v) is 2.11. The molecule has 0 unspecified atom stereocenters. The molecule has 5 nitrogen and oxygen atoms in total. The van der Waals surface area contributed by atoms with Crippen molar-refractivity contribution in [2.24, 2.45) is 0 Å². The Bertz CT molecular complexity index is 462. The third-order valence-corrected chi connectivity index (χ3v) is 3.24. The van der Waals surface area contributed by atoms with Crippen LogP contribution in [0.4, 0.5) is 4.39 Å². The van der Waals surface area contributed by atoms with E-state index in [1.165, 1.54) is 12.1 Å². The van der Waals surface area contributed by atoms with Gasteiger partial charge < -0.3 is 15.2 Å². The molecule has 0 saturated carbocycles. The summed E-state index contributed by atoms with van der Waals surface area (Å²) in [5, 5.41) is 11.8. The minimum absolute atomic E-state index is 0.0471. The Morgan fingerprint density at radius 2 is 2.15 bits per heavy atom. The van der Waals surface area contributed by atoms with E-state index in [0.29, 0.717) is 6.54 Å². The highest BCUT2D eigenvalue weighted by molar-refractivity contribution is 5.94. The highest BCUT2D eigenvalue weighted by Crippen LogP contribution is 2.14. The molecule has 1 amide bonds. The van der Waals surface area contributed by atoms with Crippen molar-refractivity contribution in [3.05, 3.63) is 29.6 Å². The van der Waals surface area contributed by atoms with Crippen molar-refractivity contribution in [3.8, 4) is 5.75 Å². The van der Waals surface area contributed by atoms with E-state index in [1.807, 2.05) is 0 Å². The maximum Gasteiger partial charge on any atom is 0.254 e. The number of hydrogen-bond acceptors (Lipinski definition) is 4. The number of phenolic OH excluding ortho intramolecular Hbond substituents is 1. The van der Waals surface area contributed by atoms with Gasteiger partial charge in [0, 0.05) is 25.7 Å². The number of nitrogens with one attached hydrogen (secondary N) is 1. The second-order valence-corrected chi connectivity index (χ2v) is 4.73. The first-order valence-corrected chi connectivity index (χ1v) is 6.73. The van der Waals surface area contributed by atoms with Crippen LogP contribution < -0.4 is 5.32 Å². The number of halogens is 1. The van der Waals surface area contributed by atoms with E-state index in [2.05, 4.69) is 10.2 Å². The molecule has 1 fully saturated rings. The van der Waals surface area contributed by atoms with Crippen LogP contribution in [0, 0.1) is 5.82 Å². The van der Waals surface area contributed by atoms with Gasteiger partial charge >= 0.3 is 0 Å². The number of carbonyl (C=O) groups excluding carboxylic acids is 1. The Hall–Kier alpha value is -1.66. The van der Waals surface area contributed by atoms with Crippen molar-refractivity contribution >= 4 is 5.91 Å². The molecule has 6 heteroatoms. The van der Waals surface area contributed by atoms with E-state index in [4.69, 9.17) is 9.84 Å². The third kappa shape index (κ3) is 4.18. The first kappa shape index (κ1) is 14.7.